The standard InChI is InChI=1S/C40H54O8/c1-24(2)21-40(38(43)47-34-18-27(7)14-16-31(34)25(3)4,39(44)48-35-19-28(8)15-17-32(35)26(5)6)22-30-20-33(41)36(23-45-30)46-37(42)29-12-10-9-11-13-29/h9-13,20,23,25-28,31-32,34-35H,1,14-19,21-22H2,2-8H3/t27-,28-,31+,32+,34-,35-/m1/s1. The molecule has 262 valence electrons. The maximum atomic E-state index is 14.6. The summed E-state index contributed by atoms with van der Waals surface area (Å²) in [7, 11) is 0. The van der Waals surface area contributed by atoms with Crippen molar-refractivity contribution in [2.75, 3.05) is 0 Å². The average Bonchev–Trinajstić information content (AvgIpc) is 3.01. The molecule has 8 heteroatoms. The fourth-order valence-electron chi connectivity index (χ4n) is 7.59. The predicted molar refractivity (Wildman–Crippen MR) is 184 cm³/mol. The summed E-state index contributed by atoms with van der Waals surface area (Å²) >= 11 is 0. The number of benzene rings is 1. The Hall–Kier alpha value is -3.68. The number of allylic oxidation sites excluding steroid dienone is 1. The van der Waals surface area contributed by atoms with E-state index in [1.165, 1.54) is 6.07 Å². The second kappa shape index (κ2) is 16.1. The molecule has 0 unspecified atom stereocenters. The Kier molecular flexibility index (Phi) is 12.5. The molecule has 2 fully saturated rings. The second-order valence-corrected chi connectivity index (χ2v) is 15.3. The molecule has 6 atom stereocenters. The summed E-state index contributed by atoms with van der Waals surface area (Å²) in [5, 5.41) is 0. The first-order chi connectivity index (χ1) is 22.7. The first kappa shape index (κ1) is 37.1. The number of hydrogen-bond acceptors (Lipinski definition) is 8. The van der Waals surface area contributed by atoms with Gasteiger partial charge in [-0.15, -0.1) is 6.58 Å². The molecule has 0 N–H and O–H groups in total. The molecule has 2 saturated carbocycles. The molecule has 1 heterocycles. The molecule has 0 amide bonds. The average molecular weight is 663 g/mol. The van der Waals surface area contributed by atoms with Crippen molar-refractivity contribution >= 4 is 17.9 Å². The number of rotatable bonds is 12. The maximum absolute atomic E-state index is 14.6. The van der Waals surface area contributed by atoms with Crippen molar-refractivity contribution in [3.8, 4) is 5.75 Å². The molecular weight excluding hydrogens is 608 g/mol. The third kappa shape index (κ3) is 9.06. The zero-order valence-corrected chi connectivity index (χ0v) is 29.8. The minimum Gasteiger partial charge on any atom is -0.465 e. The van der Waals surface area contributed by atoms with Crippen molar-refractivity contribution < 1.29 is 33.0 Å². The summed E-state index contributed by atoms with van der Waals surface area (Å²) in [6.45, 7) is 18.7. The van der Waals surface area contributed by atoms with Crippen molar-refractivity contribution in [2.45, 2.75) is 112 Å². The smallest absolute Gasteiger partial charge is 0.343 e. The van der Waals surface area contributed by atoms with Gasteiger partial charge in [0.15, 0.2) is 5.41 Å². The monoisotopic (exact) mass is 662 g/mol. The van der Waals surface area contributed by atoms with E-state index < -0.39 is 28.8 Å². The Bertz CT molecular complexity index is 1440. The van der Waals surface area contributed by atoms with Gasteiger partial charge in [-0.1, -0.05) is 78.2 Å². The molecule has 2 aliphatic rings. The Labute approximate surface area is 285 Å². The van der Waals surface area contributed by atoms with E-state index >= 15 is 0 Å². The van der Waals surface area contributed by atoms with Crippen LogP contribution in [0.2, 0.25) is 0 Å². The van der Waals surface area contributed by atoms with Gasteiger partial charge in [-0.25, -0.2) is 4.79 Å². The molecule has 0 aliphatic heterocycles. The molecule has 0 spiro atoms. The van der Waals surface area contributed by atoms with Gasteiger partial charge in [-0.2, -0.15) is 0 Å². The van der Waals surface area contributed by atoms with Crippen LogP contribution in [-0.4, -0.2) is 30.1 Å². The SMILES string of the molecule is C=C(C)CC(Cc1cc(=O)c(OC(=O)c2ccccc2)co1)(C(=O)O[C@@H]1C[C@H](C)CC[C@H]1C(C)C)C(=O)O[C@@H]1C[C@H](C)CC[C@H]1C(C)C. The van der Waals surface area contributed by atoms with Crippen molar-refractivity contribution in [3.63, 3.8) is 0 Å². The first-order valence-corrected chi connectivity index (χ1v) is 17.7. The lowest BCUT2D eigenvalue weighted by molar-refractivity contribution is -0.186. The van der Waals surface area contributed by atoms with Gasteiger partial charge in [0.05, 0.1) is 5.56 Å². The quantitative estimate of drug-likeness (QED) is 0.127. The predicted octanol–water partition coefficient (Wildman–Crippen LogP) is 8.36. The minimum absolute atomic E-state index is 0.0393. The van der Waals surface area contributed by atoms with Crippen molar-refractivity contribution in [3.05, 3.63) is 76.4 Å². The molecule has 0 bridgehead atoms. The number of esters is 3. The fourth-order valence-corrected chi connectivity index (χ4v) is 7.59. The number of hydrogen-bond donors (Lipinski definition) is 0. The van der Waals surface area contributed by atoms with Gasteiger partial charge in [0.2, 0.25) is 11.2 Å². The lowest BCUT2D eigenvalue weighted by Crippen LogP contribution is -2.49. The topological polar surface area (TPSA) is 109 Å². The summed E-state index contributed by atoms with van der Waals surface area (Å²) < 4.78 is 23.9. The number of carbonyl (C=O) groups excluding carboxylic acids is 3. The normalized spacial score (nSPS) is 24.6. The summed E-state index contributed by atoms with van der Waals surface area (Å²) in [5.74, 6) is -0.661. The fraction of sp³-hybridized carbons (Fsp3) is 0.600. The van der Waals surface area contributed by atoms with Gasteiger partial charge in [-0.05, 0) is 86.7 Å². The van der Waals surface area contributed by atoms with Crippen LogP contribution in [0.3, 0.4) is 0 Å². The van der Waals surface area contributed by atoms with Gasteiger partial charge in [0.25, 0.3) is 0 Å². The highest BCUT2D eigenvalue weighted by Gasteiger charge is 2.52. The number of ether oxygens (including phenoxy) is 3. The summed E-state index contributed by atoms with van der Waals surface area (Å²) in [6.07, 6.45) is 5.41. The minimum atomic E-state index is -1.84. The summed E-state index contributed by atoms with van der Waals surface area (Å²) in [4.78, 5) is 55.1. The molecule has 48 heavy (non-hydrogen) atoms. The molecule has 8 nitrogen and oxygen atoms in total. The lowest BCUT2D eigenvalue weighted by Gasteiger charge is -2.41. The van der Waals surface area contributed by atoms with Gasteiger partial charge < -0.3 is 18.6 Å². The van der Waals surface area contributed by atoms with Crippen LogP contribution in [0.25, 0.3) is 0 Å². The van der Waals surface area contributed by atoms with Crippen LogP contribution in [0.15, 0.2) is 64.0 Å². The first-order valence-electron chi connectivity index (χ1n) is 17.7. The van der Waals surface area contributed by atoms with Crippen LogP contribution in [0.1, 0.15) is 110 Å². The molecule has 4 rings (SSSR count). The van der Waals surface area contributed by atoms with Crippen LogP contribution in [-0.2, 0) is 25.5 Å². The Morgan fingerprint density at radius 2 is 1.40 bits per heavy atom. The third-order valence-corrected chi connectivity index (χ3v) is 10.4. The lowest BCUT2D eigenvalue weighted by atomic mass is 9.74. The molecule has 2 aromatic rings. The van der Waals surface area contributed by atoms with Gasteiger partial charge in [0, 0.05) is 12.5 Å². The van der Waals surface area contributed by atoms with Crippen molar-refractivity contribution in [2.24, 2.45) is 40.9 Å². The van der Waals surface area contributed by atoms with E-state index in [1.807, 2.05) is 0 Å². The zero-order chi connectivity index (χ0) is 35.2. The molecular formula is C40H54O8. The van der Waals surface area contributed by atoms with Crippen LogP contribution >= 0.6 is 0 Å². The summed E-state index contributed by atoms with van der Waals surface area (Å²) in [6, 6.07) is 9.47. The highest BCUT2D eigenvalue weighted by Crippen LogP contribution is 2.42. The van der Waals surface area contributed by atoms with Gasteiger partial charge in [0.1, 0.15) is 24.2 Å². The highest BCUT2D eigenvalue weighted by molar-refractivity contribution is 6.01. The van der Waals surface area contributed by atoms with E-state index in [0.717, 1.165) is 31.9 Å². The van der Waals surface area contributed by atoms with Gasteiger partial charge in [-0.3, -0.25) is 14.4 Å². The van der Waals surface area contributed by atoms with Crippen molar-refractivity contribution in [1.82, 2.24) is 0 Å². The molecule has 1 aromatic heterocycles. The van der Waals surface area contributed by atoms with E-state index in [-0.39, 0.29) is 65.8 Å². The largest absolute Gasteiger partial charge is 0.465 e. The zero-order valence-electron chi connectivity index (χ0n) is 29.8. The van der Waals surface area contributed by atoms with E-state index in [2.05, 4.69) is 48.1 Å². The van der Waals surface area contributed by atoms with E-state index in [1.54, 1.807) is 37.3 Å². The molecule has 0 radical (unpaired) electrons. The molecule has 1 aromatic carbocycles. The third-order valence-electron chi connectivity index (χ3n) is 10.4. The van der Waals surface area contributed by atoms with Crippen LogP contribution in [0.4, 0.5) is 0 Å². The molecule has 0 saturated heterocycles. The summed E-state index contributed by atoms with van der Waals surface area (Å²) in [5.41, 5.74) is -1.59. The maximum Gasteiger partial charge on any atom is 0.343 e. The van der Waals surface area contributed by atoms with E-state index in [9.17, 15) is 19.2 Å². The van der Waals surface area contributed by atoms with E-state index in [0.29, 0.717) is 30.3 Å². The van der Waals surface area contributed by atoms with Crippen LogP contribution < -0.4 is 10.2 Å². The second-order valence-electron chi connectivity index (χ2n) is 15.3. The van der Waals surface area contributed by atoms with Gasteiger partial charge >= 0.3 is 17.9 Å². The van der Waals surface area contributed by atoms with Crippen molar-refractivity contribution in [1.29, 1.82) is 0 Å². The van der Waals surface area contributed by atoms with Crippen LogP contribution in [0.5, 0.6) is 5.75 Å². The van der Waals surface area contributed by atoms with Crippen LogP contribution in [0, 0.1) is 40.9 Å². The molecule has 2 aliphatic carbocycles. The number of carbonyl (C=O) groups is 3. The Morgan fingerprint density at radius 3 is 1.85 bits per heavy atom. The highest BCUT2D eigenvalue weighted by atomic mass is 16.6. The Morgan fingerprint density at radius 1 is 0.875 bits per heavy atom. The Balaban J connectivity index is 1.71. The van der Waals surface area contributed by atoms with E-state index in [4.69, 9.17) is 18.6 Å².